The molecule has 0 radical (unpaired) electrons. The van der Waals surface area contributed by atoms with Gasteiger partial charge in [-0.1, -0.05) is 0 Å². The first-order chi connectivity index (χ1) is 12.7. The molecule has 0 amide bonds. The second-order valence-electron chi connectivity index (χ2n) is 6.58. The highest BCUT2D eigenvalue weighted by atomic mass is 32.1. The molecule has 6 heteroatoms. The van der Waals surface area contributed by atoms with Gasteiger partial charge in [-0.3, -0.25) is 0 Å². The third-order valence-corrected chi connectivity index (χ3v) is 5.95. The van der Waals surface area contributed by atoms with Crippen LogP contribution in [0, 0.1) is 13.5 Å². The molecule has 0 aromatic carbocycles. The second kappa shape index (κ2) is 7.10. The molecular weight excluding hydrogens is 344 g/mol. The first kappa shape index (κ1) is 17.1. The van der Waals surface area contributed by atoms with Crippen molar-refractivity contribution in [1.82, 2.24) is 9.38 Å². The van der Waals surface area contributed by atoms with Crippen LogP contribution in [0.3, 0.4) is 0 Å². The van der Waals surface area contributed by atoms with Gasteiger partial charge < -0.3 is 14.0 Å². The number of rotatable bonds is 4. The SMILES string of the molecule is [C-]#[N+]c1cc2cc(-c3nccs3)cn2c(N(CC)C2CCOCC2)c1C. The van der Waals surface area contributed by atoms with E-state index in [2.05, 4.69) is 45.2 Å². The number of hydrogen-bond donors (Lipinski definition) is 0. The molecule has 1 saturated heterocycles. The molecular formula is C20H22N4OS. The molecule has 0 saturated carbocycles. The molecule has 1 fully saturated rings. The zero-order valence-electron chi connectivity index (χ0n) is 15.1. The summed E-state index contributed by atoms with van der Waals surface area (Å²) < 4.78 is 7.79. The van der Waals surface area contributed by atoms with Gasteiger partial charge >= 0.3 is 0 Å². The molecule has 134 valence electrons. The molecule has 3 aromatic heterocycles. The molecule has 0 aliphatic carbocycles. The number of fused-ring (bicyclic) bond motifs is 1. The van der Waals surface area contributed by atoms with E-state index in [1.165, 1.54) is 0 Å². The largest absolute Gasteiger partial charge is 0.381 e. The fraction of sp³-hybridized carbons (Fsp3) is 0.400. The lowest BCUT2D eigenvalue weighted by Gasteiger charge is -2.37. The predicted octanol–water partition coefficient (Wildman–Crippen LogP) is 4.93. The number of ether oxygens (including phenoxy) is 1. The van der Waals surface area contributed by atoms with Gasteiger partial charge in [0.15, 0.2) is 5.69 Å². The van der Waals surface area contributed by atoms with Gasteiger partial charge in [0.25, 0.3) is 0 Å². The van der Waals surface area contributed by atoms with Gasteiger partial charge in [-0.25, -0.2) is 9.83 Å². The lowest BCUT2D eigenvalue weighted by Crippen LogP contribution is -2.40. The predicted molar refractivity (Wildman–Crippen MR) is 106 cm³/mol. The second-order valence-corrected chi connectivity index (χ2v) is 7.48. The van der Waals surface area contributed by atoms with Crippen LogP contribution in [0.5, 0.6) is 0 Å². The highest BCUT2D eigenvalue weighted by Crippen LogP contribution is 2.36. The molecule has 4 rings (SSSR count). The minimum atomic E-state index is 0.447. The maximum Gasteiger partial charge on any atom is 0.195 e. The van der Waals surface area contributed by atoms with Gasteiger partial charge in [0.1, 0.15) is 10.8 Å². The van der Waals surface area contributed by atoms with E-state index in [4.69, 9.17) is 11.3 Å². The van der Waals surface area contributed by atoms with Crippen LogP contribution in [-0.2, 0) is 4.74 Å². The van der Waals surface area contributed by atoms with E-state index >= 15 is 0 Å². The lowest BCUT2D eigenvalue weighted by molar-refractivity contribution is 0.0844. The quantitative estimate of drug-likeness (QED) is 0.614. The first-order valence-corrected chi connectivity index (χ1v) is 9.88. The van der Waals surface area contributed by atoms with E-state index in [9.17, 15) is 0 Å². The summed E-state index contributed by atoms with van der Waals surface area (Å²) >= 11 is 1.64. The zero-order valence-corrected chi connectivity index (χ0v) is 15.9. The molecule has 0 bridgehead atoms. The summed E-state index contributed by atoms with van der Waals surface area (Å²) in [6.45, 7) is 14.4. The summed E-state index contributed by atoms with van der Waals surface area (Å²) in [5.74, 6) is 1.13. The van der Waals surface area contributed by atoms with Gasteiger partial charge in [-0.2, -0.15) is 0 Å². The van der Waals surface area contributed by atoms with Crippen LogP contribution in [-0.4, -0.2) is 35.2 Å². The van der Waals surface area contributed by atoms with Crippen LogP contribution in [0.25, 0.3) is 20.9 Å². The van der Waals surface area contributed by atoms with Crippen molar-refractivity contribution >= 4 is 28.4 Å². The van der Waals surface area contributed by atoms with Gasteiger partial charge in [0.05, 0.1) is 6.57 Å². The van der Waals surface area contributed by atoms with Crippen molar-refractivity contribution in [3.63, 3.8) is 0 Å². The number of thiazole rings is 1. The molecule has 0 spiro atoms. The van der Waals surface area contributed by atoms with E-state index in [1.807, 2.05) is 17.6 Å². The standard InChI is InChI=1S/C20H22N4OS/c1-4-23(16-5-8-25-9-6-16)20-14(2)18(21-3)12-17-11-15(13-24(17)20)19-22-7-10-26-19/h7,10-13,16H,4-6,8-9H2,1-2H3. The van der Waals surface area contributed by atoms with Crippen LogP contribution in [0.15, 0.2) is 29.9 Å². The van der Waals surface area contributed by atoms with Crippen LogP contribution >= 0.6 is 11.3 Å². The zero-order chi connectivity index (χ0) is 18.1. The average molecular weight is 366 g/mol. The Hall–Kier alpha value is -2.36. The molecule has 26 heavy (non-hydrogen) atoms. The number of hydrogen-bond acceptors (Lipinski definition) is 4. The summed E-state index contributed by atoms with van der Waals surface area (Å²) in [7, 11) is 0. The Balaban J connectivity index is 1.90. The molecule has 0 atom stereocenters. The summed E-state index contributed by atoms with van der Waals surface area (Å²) in [6.07, 6.45) is 6.04. The van der Waals surface area contributed by atoms with Gasteiger partial charge in [0, 0.05) is 54.7 Å². The fourth-order valence-corrected chi connectivity index (χ4v) is 4.47. The Morgan fingerprint density at radius 1 is 1.38 bits per heavy atom. The summed E-state index contributed by atoms with van der Waals surface area (Å²) in [4.78, 5) is 10.7. The van der Waals surface area contributed by atoms with Crippen molar-refractivity contribution in [2.75, 3.05) is 24.7 Å². The monoisotopic (exact) mass is 366 g/mol. The maximum atomic E-state index is 7.61. The van der Waals surface area contributed by atoms with Crippen molar-refractivity contribution < 1.29 is 4.74 Å². The van der Waals surface area contributed by atoms with Gasteiger partial charge in [-0.05, 0) is 44.4 Å². The van der Waals surface area contributed by atoms with Crippen molar-refractivity contribution in [3.05, 3.63) is 46.9 Å². The Labute approximate surface area is 157 Å². The summed E-state index contributed by atoms with van der Waals surface area (Å²) in [5, 5.41) is 3.00. The molecule has 4 heterocycles. The lowest BCUT2D eigenvalue weighted by atomic mass is 10.1. The third-order valence-electron chi connectivity index (χ3n) is 5.13. The normalized spacial score (nSPS) is 15.3. The topological polar surface area (TPSA) is 34.1 Å². The molecule has 5 nitrogen and oxygen atoms in total. The highest BCUT2D eigenvalue weighted by molar-refractivity contribution is 7.13. The smallest absolute Gasteiger partial charge is 0.195 e. The minimum Gasteiger partial charge on any atom is -0.381 e. The Morgan fingerprint density at radius 2 is 2.19 bits per heavy atom. The Bertz CT molecular complexity index is 949. The highest BCUT2D eigenvalue weighted by Gasteiger charge is 2.25. The first-order valence-electron chi connectivity index (χ1n) is 9.00. The van der Waals surface area contributed by atoms with E-state index in [-0.39, 0.29) is 0 Å². The minimum absolute atomic E-state index is 0.447. The number of anilines is 1. The van der Waals surface area contributed by atoms with Crippen molar-refractivity contribution in [3.8, 4) is 10.6 Å². The molecule has 1 aliphatic rings. The maximum absolute atomic E-state index is 7.61. The van der Waals surface area contributed by atoms with Crippen LogP contribution in [0.4, 0.5) is 11.5 Å². The van der Waals surface area contributed by atoms with E-state index < -0.39 is 0 Å². The summed E-state index contributed by atoms with van der Waals surface area (Å²) in [5.41, 5.74) is 3.92. The van der Waals surface area contributed by atoms with E-state index in [0.29, 0.717) is 6.04 Å². The third kappa shape index (κ3) is 2.87. The van der Waals surface area contributed by atoms with E-state index in [0.717, 1.165) is 65.8 Å². The van der Waals surface area contributed by atoms with Gasteiger partial charge in [-0.15, -0.1) is 11.3 Å². The van der Waals surface area contributed by atoms with Crippen molar-refractivity contribution in [2.45, 2.75) is 32.7 Å². The van der Waals surface area contributed by atoms with Gasteiger partial charge in [0.2, 0.25) is 0 Å². The van der Waals surface area contributed by atoms with Crippen LogP contribution < -0.4 is 4.90 Å². The van der Waals surface area contributed by atoms with Crippen LogP contribution in [0.1, 0.15) is 25.3 Å². The van der Waals surface area contributed by atoms with Crippen LogP contribution in [0.2, 0.25) is 0 Å². The molecule has 1 aliphatic heterocycles. The Morgan fingerprint density at radius 3 is 2.85 bits per heavy atom. The average Bonchev–Trinajstić information content (AvgIpc) is 3.34. The fourth-order valence-electron chi connectivity index (χ4n) is 3.85. The molecule has 0 unspecified atom stereocenters. The Kier molecular flexibility index (Phi) is 4.66. The number of nitrogens with zero attached hydrogens (tertiary/aromatic N) is 4. The van der Waals surface area contributed by atoms with E-state index in [1.54, 1.807) is 11.3 Å². The molecule has 0 N–H and O–H groups in total. The van der Waals surface area contributed by atoms with Crippen molar-refractivity contribution in [1.29, 1.82) is 0 Å². The van der Waals surface area contributed by atoms with Crippen molar-refractivity contribution in [2.24, 2.45) is 0 Å². The number of pyridine rings is 1. The summed E-state index contributed by atoms with van der Waals surface area (Å²) in [6, 6.07) is 4.57. The molecule has 3 aromatic rings. The number of aromatic nitrogens is 2.